The maximum Gasteiger partial charge on any atom is 0.0715 e. The summed E-state index contributed by atoms with van der Waals surface area (Å²) < 4.78 is 0. The molecule has 2 aromatic heterocycles. The van der Waals surface area contributed by atoms with E-state index in [1.165, 1.54) is 32.3 Å². The Morgan fingerprint density at radius 2 is 1.36 bits per heavy atom. The molecular weight excluding hydrogens is 268 g/mol. The second-order valence-electron chi connectivity index (χ2n) is 5.54. The molecule has 2 heteroatoms. The molecule has 102 valence electrons. The Balaban J connectivity index is 2.19. The van der Waals surface area contributed by atoms with Crippen molar-refractivity contribution in [1.29, 1.82) is 0 Å². The van der Waals surface area contributed by atoms with Crippen LogP contribution in [0.1, 0.15) is 0 Å². The molecule has 0 fully saturated rings. The van der Waals surface area contributed by atoms with Crippen molar-refractivity contribution in [2.45, 2.75) is 0 Å². The Morgan fingerprint density at radius 1 is 0.545 bits per heavy atom. The standard InChI is InChI=1S/C20H12N2/c1-2-5-15-14(4-1)12-22-18-10-8-13-7-9-17-16(6-3-11-21-17)19(13)20(15)18/h1-12H. The second kappa shape index (κ2) is 4.25. The minimum atomic E-state index is 1.02. The van der Waals surface area contributed by atoms with E-state index in [0.29, 0.717) is 0 Å². The van der Waals surface area contributed by atoms with Crippen LogP contribution in [0.4, 0.5) is 0 Å². The van der Waals surface area contributed by atoms with Crippen LogP contribution in [0, 0.1) is 0 Å². The van der Waals surface area contributed by atoms with E-state index in [1.54, 1.807) is 0 Å². The number of aromatic nitrogens is 2. The van der Waals surface area contributed by atoms with Crippen LogP contribution >= 0.6 is 0 Å². The molecule has 0 saturated heterocycles. The summed E-state index contributed by atoms with van der Waals surface area (Å²) in [6, 6.07) is 21.1. The molecule has 5 rings (SSSR count). The summed E-state index contributed by atoms with van der Waals surface area (Å²) in [5, 5.41) is 7.29. The summed E-state index contributed by atoms with van der Waals surface area (Å²) in [4.78, 5) is 9.14. The van der Waals surface area contributed by atoms with Crippen molar-refractivity contribution in [3.05, 3.63) is 73.1 Å². The predicted molar refractivity (Wildman–Crippen MR) is 92.1 cm³/mol. The average molecular weight is 280 g/mol. The highest BCUT2D eigenvalue weighted by Crippen LogP contribution is 2.34. The Labute approximate surface area is 127 Å². The molecular formula is C20H12N2. The van der Waals surface area contributed by atoms with Gasteiger partial charge in [-0.1, -0.05) is 42.5 Å². The Kier molecular flexibility index (Phi) is 2.25. The number of nitrogens with zero attached hydrogens (tertiary/aromatic N) is 2. The fourth-order valence-corrected chi connectivity index (χ4v) is 3.32. The summed E-state index contributed by atoms with van der Waals surface area (Å²) in [6.45, 7) is 0. The minimum Gasteiger partial charge on any atom is -0.256 e. The molecule has 0 unspecified atom stereocenters. The number of rotatable bonds is 0. The van der Waals surface area contributed by atoms with E-state index >= 15 is 0 Å². The van der Waals surface area contributed by atoms with Gasteiger partial charge in [-0.05, 0) is 29.0 Å². The summed E-state index contributed by atoms with van der Waals surface area (Å²) >= 11 is 0. The maximum atomic E-state index is 4.65. The highest BCUT2D eigenvalue weighted by molar-refractivity contribution is 6.26. The summed E-state index contributed by atoms with van der Waals surface area (Å²) in [7, 11) is 0. The summed E-state index contributed by atoms with van der Waals surface area (Å²) in [6.07, 6.45) is 3.79. The third kappa shape index (κ3) is 1.49. The van der Waals surface area contributed by atoms with Crippen LogP contribution in [0.2, 0.25) is 0 Å². The summed E-state index contributed by atoms with van der Waals surface area (Å²) in [5.74, 6) is 0. The molecule has 0 amide bonds. The van der Waals surface area contributed by atoms with Crippen LogP contribution in [0.25, 0.3) is 43.4 Å². The molecule has 0 radical (unpaired) electrons. The minimum absolute atomic E-state index is 1.02. The predicted octanol–water partition coefficient (Wildman–Crippen LogP) is 5.09. The molecule has 0 N–H and O–H groups in total. The monoisotopic (exact) mass is 280 g/mol. The summed E-state index contributed by atoms with van der Waals surface area (Å²) in [5.41, 5.74) is 2.05. The van der Waals surface area contributed by atoms with Gasteiger partial charge in [-0.25, -0.2) is 0 Å². The number of pyridine rings is 2. The van der Waals surface area contributed by atoms with Crippen molar-refractivity contribution in [2.75, 3.05) is 0 Å². The van der Waals surface area contributed by atoms with Crippen molar-refractivity contribution < 1.29 is 0 Å². The molecule has 0 aliphatic carbocycles. The molecule has 3 aromatic carbocycles. The van der Waals surface area contributed by atoms with Gasteiger partial charge in [-0.2, -0.15) is 0 Å². The first-order valence-electron chi connectivity index (χ1n) is 7.36. The van der Waals surface area contributed by atoms with Crippen LogP contribution in [0.3, 0.4) is 0 Å². The smallest absolute Gasteiger partial charge is 0.0715 e. The Hall–Kier alpha value is -3.00. The maximum absolute atomic E-state index is 4.65. The number of benzene rings is 3. The second-order valence-corrected chi connectivity index (χ2v) is 5.54. The SMILES string of the molecule is c1ccc2c(c1)cnc1ccc3ccc4ncccc4c3c12. The van der Waals surface area contributed by atoms with E-state index in [0.717, 1.165) is 11.0 Å². The van der Waals surface area contributed by atoms with Gasteiger partial charge in [0, 0.05) is 33.9 Å². The molecule has 2 nitrogen and oxygen atoms in total. The van der Waals surface area contributed by atoms with Crippen LogP contribution in [0.15, 0.2) is 73.1 Å². The van der Waals surface area contributed by atoms with E-state index in [-0.39, 0.29) is 0 Å². The lowest BCUT2D eigenvalue weighted by molar-refractivity contribution is 1.42. The van der Waals surface area contributed by atoms with E-state index in [9.17, 15) is 0 Å². The lowest BCUT2D eigenvalue weighted by atomic mass is 9.97. The number of fused-ring (bicyclic) bond motifs is 7. The fraction of sp³-hybridized carbons (Fsp3) is 0. The normalized spacial score (nSPS) is 11.6. The van der Waals surface area contributed by atoms with Gasteiger partial charge in [0.2, 0.25) is 0 Å². The lowest BCUT2D eigenvalue weighted by Gasteiger charge is -2.09. The van der Waals surface area contributed by atoms with Gasteiger partial charge in [-0.15, -0.1) is 0 Å². The lowest BCUT2D eigenvalue weighted by Crippen LogP contribution is -1.86. The van der Waals surface area contributed by atoms with Gasteiger partial charge in [0.1, 0.15) is 0 Å². The van der Waals surface area contributed by atoms with Gasteiger partial charge in [-0.3, -0.25) is 9.97 Å². The fourth-order valence-electron chi connectivity index (χ4n) is 3.32. The third-order valence-electron chi connectivity index (χ3n) is 4.32. The van der Waals surface area contributed by atoms with Crippen molar-refractivity contribution in [1.82, 2.24) is 9.97 Å². The molecule has 0 aliphatic rings. The quantitative estimate of drug-likeness (QED) is 0.369. The van der Waals surface area contributed by atoms with Crippen LogP contribution in [-0.4, -0.2) is 9.97 Å². The third-order valence-corrected chi connectivity index (χ3v) is 4.32. The van der Waals surface area contributed by atoms with Gasteiger partial charge in [0.15, 0.2) is 0 Å². The molecule has 0 spiro atoms. The van der Waals surface area contributed by atoms with Gasteiger partial charge < -0.3 is 0 Å². The number of hydrogen-bond donors (Lipinski definition) is 0. The van der Waals surface area contributed by atoms with E-state index in [2.05, 4.69) is 64.6 Å². The highest BCUT2D eigenvalue weighted by Gasteiger charge is 2.09. The van der Waals surface area contributed by atoms with Crippen LogP contribution in [-0.2, 0) is 0 Å². The highest BCUT2D eigenvalue weighted by atomic mass is 14.7. The Bertz CT molecular complexity index is 1070. The Morgan fingerprint density at radius 3 is 2.32 bits per heavy atom. The first kappa shape index (κ1) is 11.6. The van der Waals surface area contributed by atoms with Crippen molar-refractivity contribution >= 4 is 43.4 Å². The molecule has 0 atom stereocenters. The first-order valence-corrected chi connectivity index (χ1v) is 7.36. The topological polar surface area (TPSA) is 25.8 Å². The first-order chi connectivity index (χ1) is 10.9. The van der Waals surface area contributed by atoms with Crippen molar-refractivity contribution in [2.24, 2.45) is 0 Å². The van der Waals surface area contributed by atoms with Gasteiger partial charge in [0.05, 0.1) is 11.0 Å². The van der Waals surface area contributed by atoms with Crippen molar-refractivity contribution in [3.8, 4) is 0 Å². The molecule has 22 heavy (non-hydrogen) atoms. The van der Waals surface area contributed by atoms with E-state index in [1.807, 2.05) is 18.5 Å². The van der Waals surface area contributed by atoms with Crippen LogP contribution < -0.4 is 0 Å². The number of hydrogen-bond acceptors (Lipinski definition) is 2. The average Bonchev–Trinajstić information content (AvgIpc) is 2.60. The van der Waals surface area contributed by atoms with E-state index in [4.69, 9.17) is 0 Å². The zero-order valence-corrected chi connectivity index (χ0v) is 11.8. The molecule has 0 bridgehead atoms. The zero-order valence-electron chi connectivity index (χ0n) is 11.8. The van der Waals surface area contributed by atoms with Crippen molar-refractivity contribution in [3.63, 3.8) is 0 Å². The zero-order chi connectivity index (χ0) is 14.5. The van der Waals surface area contributed by atoms with Crippen LogP contribution in [0.5, 0.6) is 0 Å². The largest absolute Gasteiger partial charge is 0.256 e. The molecule has 5 aromatic rings. The molecule has 0 saturated carbocycles. The van der Waals surface area contributed by atoms with E-state index < -0.39 is 0 Å². The van der Waals surface area contributed by atoms with Gasteiger partial charge in [0.25, 0.3) is 0 Å². The molecule has 2 heterocycles. The van der Waals surface area contributed by atoms with Gasteiger partial charge >= 0.3 is 0 Å². The molecule has 0 aliphatic heterocycles.